The lowest BCUT2D eigenvalue weighted by molar-refractivity contribution is 0.0789. The van der Waals surface area contributed by atoms with Gasteiger partial charge < -0.3 is 10.4 Å². The Bertz CT molecular complexity index is 1090. The van der Waals surface area contributed by atoms with Gasteiger partial charge in [0.25, 0.3) is 0 Å². The number of urea groups is 1. The van der Waals surface area contributed by atoms with Crippen LogP contribution in [-0.2, 0) is 41.2 Å². The van der Waals surface area contributed by atoms with Gasteiger partial charge in [-0.15, -0.1) is 15.7 Å². The van der Waals surface area contributed by atoms with Crippen molar-refractivity contribution >= 4 is 44.6 Å². The van der Waals surface area contributed by atoms with Crippen molar-refractivity contribution in [2.24, 2.45) is 9.50 Å². The second-order valence-electron chi connectivity index (χ2n) is 8.11. The van der Waals surface area contributed by atoms with Crippen molar-refractivity contribution in [3.63, 3.8) is 0 Å². The molecule has 6 nitrogen and oxygen atoms in total. The first-order chi connectivity index (χ1) is 13.6. The van der Waals surface area contributed by atoms with Gasteiger partial charge in [0.1, 0.15) is 4.21 Å². The molecule has 156 valence electrons. The minimum absolute atomic E-state index is 0.260. The van der Waals surface area contributed by atoms with Crippen LogP contribution in [0.2, 0.25) is 5.02 Å². The highest BCUT2D eigenvalue weighted by Crippen LogP contribution is 2.44. The number of nitrogens with zero attached hydrogens (tertiary/aromatic N) is 1. The molecule has 4 rings (SSSR count). The summed E-state index contributed by atoms with van der Waals surface area (Å²) in [7, 11) is -3.41. The van der Waals surface area contributed by atoms with E-state index < -0.39 is 21.5 Å². The van der Waals surface area contributed by atoms with Crippen LogP contribution in [0.4, 0.5) is 10.5 Å². The molecule has 0 bridgehead atoms. The largest absolute Gasteiger partial charge is 0.386 e. The van der Waals surface area contributed by atoms with Gasteiger partial charge in [-0.1, -0.05) is 11.6 Å². The molecule has 2 amide bonds. The summed E-state index contributed by atoms with van der Waals surface area (Å²) in [5, 5.41) is 21.4. The Balaban J connectivity index is 1.67. The number of nitrogens with one attached hydrogen (secondary N) is 1. The molecule has 1 heterocycles. The van der Waals surface area contributed by atoms with Crippen molar-refractivity contribution in [3.8, 4) is 0 Å². The summed E-state index contributed by atoms with van der Waals surface area (Å²) in [6, 6.07) is 0.822. The van der Waals surface area contributed by atoms with Crippen LogP contribution in [0, 0.1) is 0 Å². The van der Waals surface area contributed by atoms with Gasteiger partial charge in [0.15, 0.2) is 9.92 Å². The summed E-state index contributed by atoms with van der Waals surface area (Å²) in [5.41, 5.74) is 4.65. The van der Waals surface area contributed by atoms with Crippen LogP contribution in [0.1, 0.15) is 54.5 Å². The predicted molar refractivity (Wildman–Crippen MR) is 117 cm³/mol. The topological polar surface area (TPSA) is 105 Å². The standard InChI is InChI=1S/C20H24ClN3O3S2/c1-20(2,26)11-9-16(28-10-11)29(22,27)24-19(25)23-18-14-7-3-5-12(14)17(21)13-6-4-8-15(13)18/h9-10,26H,3-8H2,1-2H3,(H3,22,23,24,25,27)/t29-/m1/s1. The summed E-state index contributed by atoms with van der Waals surface area (Å²) in [6.45, 7) is 3.26. The molecule has 1 aromatic heterocycles. The van der Waals surface area contributed by atoms with Gasteiger partial charge in [0, 0.05) is 10.7 Å². The average molecular weight is 454 g/mol. The summed E-state index contributed by atoms with van der Waals surface area (Å²) in [6.07, 6.45) is 5.53. The van der Waals surface area contributed by atoms with E-state index in [0.29, 0.717) is 5.56 Å². The Hall–Kier alpha value is -1.45. The van der Waals surface area contributed by atoms with Crippen LogP contribution >= 0.6 is 22.9 Å². The molecule has 0 radical (unpaired) electrons. The van der Waals surface area contributed by atoms with E-state index in [0.717, 1.165) is 82.8 Å². The van der Waals surface area contributed by atoms with Crippen molar-refractivity contribution in [1.29, 1.82) is 0 Å². The number of carbonyl (C=O) groups excluding carboxylic acids is 1. The van der Waals surface area contributed by atoms with E-state index in [1.54, 1.807) is 25.3 Å². The van der Waals surface area contributed by atoms with Crippen LogP contribution in [0.15, 0.2) is 20.0 Å². The zero-order valence-corrected chi connectivity index (χ0v) is 18.8. The first-order valence-corrected chi connectivity index (χ1v) is 12.4. The highest BCUT2D eigenvalue weighted by Gasteiger charge is 2.29. The maximum Gasteiger partial charge on any atom is 0.354 e. The second-order valence-corrected chi connectivity index (χ2v) is 11.4. The van der Waals surface area contributed by atoms with E-state index in [1.807, 2.05) is 0 Å². The third kappa shape index (κ3) is 3.84. The minimum Gasteiger partial charge on any atom is -0.386 e. The lowest BCUT2D eigenvalue weighted by Gasteiger charge is -2.17. The Kier molecular flexibility index (Phi) is 5.28. The van der Waals surface area contributed by atoms with Crippen molar-refractivity contribution in [2.45, 2.75) is 62.2 Å². The zero-order valence-electron chi connectivity index (χ0n) is 16.4. The molecule has 2 aromatic rings. The van der Waals surface area contributed by atoms with E-state index in [2.05, 4.69) is 9.68 Å². The minimum atomic E-state index is -3.41. The van der Waals surface area contributed by atoms with Crippen LogP contribution < -0.4 is 10.5 Å². The maximum absolute atomic E-state index is 12.9. The van der Waals surface area contributed by atoms with Crippen LogP contribution in [0.25, 0.3) is 0 Å². The zero-order chi connectivity index (χ0) is 21.0. The fourth-order valence-corrected chi connectivity index (χ4v) is 6.82. The quantitative estimate of drug-likeness (QED) is 0.635. The summed E-state index contributed by atoms with van der Waals surface area (Å²) in [5.74, 6) is 0. The number of fused-ring (bicyclic) bond motifs is 2. The molecule has 0 spiro atoms. The molecule has 29 heavy (non-hydrogen) atoms. The molecule has 9 heteroatoms. The Morgan fingerprint density at radius 2 is 1.76 bits per heavy atom. The molecular weight excluding hydrogens is 430 g/mol. The Morgan fingerprint density at radius 1 is 1.21 bits per heavy atom. The summed E-state index contributed by atoms with van der Waals surface area (Å²) < 4.78 is 17.0. The first-order valence-electron chi connectivity index (χ1n) is 9.60. The molecule has 0 saturated carbocycles. The monoisotopic (exact) mass is 453 g/mol. The number of anilines is 1. The molecule has 0 fully saturated rings. The smallest absolute Gasteiger partial charge is 0.354 e. The second kappa shape index (κ2) is 7.35. The van der Waals surface area contributed by atoms with E-state index in [1.165, 1.54) is 0 Å². The molecule has 4 N–H and O–H groups in total. The molecule has 0 saturated heterocycles. The fraction of sp³-hybridized carbons (Fsp3) is 0.450. The van der Waals surface area contributed by atoms with Crippen molar-refractivity contribution in [3.05, 3.63) is 44.3 Å². The molecule has 2 aliphatic carbocycles. The number of carbonyl (C=O) groups is 1. The van der Waals surface area contributed by atoms with Crippen LogP contribution in [0.5, 0.6) is 0 Å². The molecule has 1 aromatic carbocycles. The number of thiophene rings is 1. The first kappa shape index (κ1) is 20.8. The number of halogens is 1. The number of aliphatic hydroxyl groups is 1. The van der Waals surface area contributed by atoms with Crippen LogP contribution in [0.3, 0.4) is 0 Å². The molecule has 0 unspecified atom stereocenters. The molecule has 1 atom stereocenters. The maximum atomic E-state index is 12.9. The lowest BCUT2D eigenvalue weighted by Crippen LogP contribution is -2.18. The fourth-order valence-electron chi connectivity index (χ4n) is 4.13. The summed E-state index contributed by atoms with van der Waals surface area (Å²) >= 11 is 7.73. The van der Waals surface area contributed by atoms with E-state index >= 15 is 0 Å². The van der Waals surface area contributed by atoms with E-state index in [4.69, 9.17) is 16.7 Å². The number of hydrogen-bond donors (Lipinski definition) is 3. The molecule has 0 aliphatic heterocycles. The average Bonchev–Trinajstić information content (AvgIpc) is 3.37. The van der Waals surface area contributed by atoms with Crippen LogP contribution in [-0.4, -0.2) is 15.3 Å². The van der Waals surface area contributed by atoms with Crippen molar-refractivity contribution < 1.29 is 14.1 Å². The van der Waals surface area contributed by atoms with Gasteiger partial charge >= 0.3 is 6.03 Å². The van der Waals surface area contributed by atoms with Crippen molar-refractivity contribution in [1.82, 2.24) is 0 Å². The number of benzene rings is 1. The third-order valence-electron chi connectivity index (χ3n) is 5.59. The Morgan fingerprint density at radius 3 is 2.28 bits per heavy atom. The lowest BCUT2D eigenvalue weighted by atomic mass is 9.98. The number of nitrogens with two attached hydrogens (primary N) is 1. The van der Waals surface area contributed by atoms with Gasteiger partial charge in [-0.25, -0.2) is 14.1 Å². The van der Waals surface area contributed by atoms with E-state index in [-0.39, 0.29) is 4.21 Å². The number of amides is 2. The highest BCUT2D eigenvalue weighted by molar-refractivity contribution is 7.93. The van der Waals surface area contributed by atoms with Gasteiger partial charge in [-0.2, -0.15) is 0 Å². The Labute approximate surface area is 179 Å². The number of hydrogen-bond acceptors (Lipinski definition) is 4. The van der Waals surface area contributed by atoms with E-state index in [9.17, 15) is 14.1 Å². The molecular formula is C20H24ClN3O3S2. The number of rotatable bonds is 3. The van der Waals surface area contributed by atoms with Gasteiger partial charge in [0.05, 0.1) is 5.60 Å². The van der Waals surface area contributed by atoms with Gasteiger partial charge in [0.2, 0.25) is 0 Å². The SMILES string of the molecule is CC(C)(O)c1csc([S@](N)(=O)=NC(=O)Nc2c3c(c(Cl)c4c2CCC4)CCC3)c1. The highest BCUT2D eigenvalue weighted by atomic mass is 35.5. The molecule has 2 aliphatic rings. The third-order valence-corrected chi connectivity index (χ3v) is 8.90. The van der Waals surface area contributed by atoms with Crippen molar-refractivity contribution in [2.75, 3.05) is 5.32 Å². The normalized spacial score (nSPS) is 17.6. The predicted octanol–water partition coefficient (Wildman–Crippen LogP) is 4.54. The van der Waals surface area contributed by atoms with Gasteiger partial charge in [-0.3, -0.25) is 0 Å². The van der Waals surface area contributed by atoms with Gasteiger partial charge in [-0.05, 0) is 91.6 Å². The summed E-state index contributed by atoms with van der Waals surface area (Å²) in [4.78, 5) is 12.7.